The number of hydrogen-bond donors (Lipinski definition) is 1. The number of fused-ring (bicyclic) bond motifs is 1. The Bertz CT molecular complexity index is 769. The summed E-state index contributed by atoms with van der Waals surface area (Å²) in [5.74, 6) is -0.634. The second kappa shape index (κ2) is 8.10. The average molecular weight is 392 g/mol. The van der Waals surface area contributed by atoms with Gasteiger partial charge in [0.25, 0.3) is 0 Å². The van der Waals surface area contributed by atoms with Crippen molar-refractivity contribution in [3.8, 4) is 5.75 Å². The van der Waals surface area contributed by atoms with E-state index in [2.05, 4.69) is 5.32 Å². The third-order valence-corrected chi connectivity index (χ3v) is 5.07. The number of rotatable bonds is 6. The molecule has 1 aromatic carbocycles. The van der Waals surface area contributed by atoms with Gasteiger partial charge in [-0.1, -0.05) is 23.8 Å². The topological polar surface area (TPSA) is 79.0 Å². The SMILES string of the molecule is COc1ccc(Cl)cc1NC(=O)CN(C)CN1C(=O)[C@@H]2CC=CC[C@H]2C1=O. The Morgan fingerprint density at radius 2 is 1.89 bits per heavy atom. The summed E-state index contributed by atoms with van der Waals surface area (Å²) in [5, 5.41) is 3.22. The highest BCUT2D eigenvalue weighted by atomic mass is 35.5. The van der Waals surface area contributed by atoms with Crippen LogP contribution in [0.4, 0.5) is 5.69 Å². The zero-order valence-corrected chi connectivity index (χ0v) is 16.0. The van der Waals surface area contributed by atoms with Crippen molar-refractivity contribution < 1.29 is 19.1 Å². The lowest BCUT2D eigenvalue weighted by Crippen LogP contribution is -2.42. The van der Waals surface area contributed by atoms with E-state index >= 15 is 0 Å². The monoisotopic (exact) mass is 391 g/mol. The third kappa shape index (κ3) is 4.14. The molecule has 2 atom stereocenters. The fourth-order valence-electron chi connectivity index (χ4n) is 3.51. The molecule has 8 heteroatoms. The van der Waals surface area contributed by atoms with Gasteiger partial charge in [-0.15, -0.1) is 0 Å². The lowest BCUT2D eigenvalue weighted by Gasteiger charge is -2.23. The van der Waals surface area contributed by atoms with Crippen LogP contribution in [0.25, 0.3) is 0 Å². The number of nitrogens with zero attached hydrogens (tertiary/aromatic N) is 2. The van der Waals surface area contributed by atoms with E-state index in [0.717, 1.165) is 0 Å². The van der Waals surface area contributed by atoms with E-state index in [1.54, 1.807) is 30.1 Å². The normalized spacial score (nSPS) is 21.6. The number of carbonyl (C=O) groups is 3. The number of halogens is 1. The molecule has 1 saturated heterocycles. The predicted molar refractivity (Wildman–Crippen MR) is 101 cm³/mol. The molecule has 2 aliphatic rings. The minimum atomic E-state index is -0.295. The summed E-state index contributed by atoms with van der Waals surface area (Å²) in [5.41, 5.74) is 0.466. The molecule has 1 fully saturated rings. The first-order valence-corrected chi connectivity index (χ1v) is 9.10. The summed E-state index contributed by atoms with van der Waals surface area (Å²) in [6.07, 6.45) is 5.10. The predicted octanol–water partition coefficient (Wildman–Crippen LogP) is 2.13. The van der Waals surface area contributed by atoms with Gasteiger partial charge in [0.05, 0.1) is 37.8 Å². The zero-order valence-electron chi connectivity index (χ0n) is 15.3. The molecular formula is C19H22ClN3O4. The number of allylic oxidation sites excluding steroid dienone is 2. The Labute approximate surface area is 162 Å². The molecular weight excluding hydrogens is 370 g/mol. The van der Waals surface area contributed by atoms with E-state index in [0.29, 0.717) is 29.3 Å². The molecule has 27 heavy (non-hydrogen) atoms. The highest BCUT2D eigenvalue weighted by molar-refractivity contribution is 6.31. The molecule has 1 heterocycles. The summed E-state index contributed by atoms with van der Waals surface area (Å²) in [6.45, 7) is 0.102. The molecule has 3 amide bonds. The third-order valence-electron chi connectivity index (χ3n) is 4.83. The Balaban J connectivity index is 1.59. The molecule has 7 nitrogen and oxygen atoms in total. The van der Waals surface area contributed by atoms with Gasteiger partial charge in [-0.2, -0.15) is 0 Å². The molecule has 3 rings (SSSR count). The highest BCUT2D eigenvalue weighted by Crippen LogP contribution is 2.35. The van der Waals surface area contributed by atoms with Crippen LogP contribution in [0, 0.1) is 11.8 Å². The number of likely N-dealkylation sites (N-methyl/N-ethyl adjacent to an activating group) is 1. The molecule has 0 saturated carbocycles. The van der Waals surface area contributed by atoms with Crippen LogP contribution in [-0.2, 0) is 14.4 Å². The van der Waals surface area contributed by atoms with Crippen LogP contribution in [0.2, 0.25) is 5.02 Å². The molecule has 0 radical (unpaired) electrons. The molecule has 1 aliphatic heterocycles. The Kier molecular flexibility index (Phi) is 5.82. The van der Waals surface area contributed by atoms with Crippen molar-refractivity contribution in [3.05, 3.63) is 35.4 Å². The number of anilines is 1. The minimum absolute atomic E-state index is 0.0142. The summed E-state index contributed by atoms with van der Waals surface area (Å²) in [6, 6.07) is 4.93. The van der Waals surface area contributed by atoms with Crippen molar-refractivity contribution in [2.24, 2.45) is 11.8 Å². The van der Waals surface area contributed by atoms with Crippen molar-refractivity contribution >= 4 is 35.0 Å². The van der Waals surface area contributed by atoms with Crippen LogP contribution in [0.15, 0.2) is 30.4 Å². The molecule has 1 aromatic rings. The van der Waals surface area contributed by atoms with Gasteiger partial charge in [0.1, 0.15) is 5.75 Å². The Hall–Kier alpha value is -2.38. The van der Waals surface area contributed by atoms with Crippen LogP contribution < -0.4 is 10.1 Å². The number of nitrogens with one attached hydrogen (secondary N) is 1. The molecule has 0 spiro atoms. The van der Waals surface area contributed by atoms with Gasteiger partial charge >= 0.3 is 0 Å². The van der Waals surface area contributed by atoms with E-state index < -0.39 is 0 Å². The van der Waals surface area contributed by atoms with E-state index in [1.165, 1.54) is 12.0 Å². The van der Waals surface area contributed by atoms with Crippen LogP contribution in [0.1, 0.15) is 12.8 Å². The number of imide groups is 1. The van der Waals surface area contributed by atoms with Gasteiger partial charge in [-0.05, 0) is 38.1 Å². The largest absolute Gasteiger partial charge is 0.495 e. The van der Waals surface area contributed by atoms with Crippen molar-refractivity contribution in [2.75, 3.05) is 32.7 Å². The summed E-state index contributed by atoms with van der Waals surface area (Å²) < 4.78 is 5.21. The van der Waals surface area contributed by atoms with Crippen LogP contribution in [-0.4, -0.2) is 54.9 Å². The molecule has 1 N–H and O–H groups in total. The first-order chi connectivity index (χ1) is 12.9. The average Bonchev–Trinajstić information content (AvgIpc) is 2.87. The smallest absolute Gasteiger partial charge is 0.238 e. The molecule has 0 bridgehead atoms. The Morgan fingerprint density at radius 1 is 1.26 bits per heavy atom. The number of amides is 3. The van der Waals surface area contributed by atoms with E-state index in [9.17, 15) is 14.4 Å². The maximum Gasteiger partial charge on any atom is 0.238 e. The summed E-state index contributed by atoms with van der Waals surface area (Å²) in [4.78, 5) is 40.2. The van der Waals surface area contributed by atoms with Crippen LogP contribution >= 0.6 is 11.6 Å². The van der Waals surface area contributed by atoms with Gasteiger partial charge in [-0.3, -0.25) is 24.2 Å². The summed E-state index contributed by atoms with van der Waals surface area (Å²) in [7, 11) is 3.19. The van der Waals surface area contributed by atoms with Crippen LogP contribution in [0.5, 0.6) is 5.75 Å². The van der Waals surface area contributed by atoms with E-state index in [-0.39, 0.29) is 42.8 Å². The zero-order chi connectivity index (χ0) is 19.6. The highest BCUT2D eigenvalue weighted by Gasteiger charge is 2.47. The first-order valence-electron chi connectivity index (χ1n) is 8.73. The second-order valence-corrected chi connectivity index (χ2v) is 7.25. The fraction of sp³-hybridized carbons (Fsp3) is 0.421. The summed E-state index contributed by atoms with van der Waals surface area (Å²) >= 11 is 5.96. The van der Waals surface area contributed by atoms with Crippen molar-refractivity contribution in [1.29, 1.82) is 0 Å². The quantitative estimate of drug-likeness (QED) is 0.593. The van der Waals surface area contributed by atoms with E-state index in [4.69, 9.17) is 16.3 Å². The number of methoxy groups -OCH3 is 1. The lowest BCUT2D eigenvalue weighted by atomic mass is 9.85. The number of hydrogen-bond acceptors (Lipinski definition) is 5. The second-order valence-electron chi connectivity index (χ2n) is 6.81. The molecule has 0 aromatic heterocycles. The molecule has 0 unspecified atom stereocenters. The number of ether oxygens (including phenoxy) is 1. The van der Waals surface area contributed by atoms with Gasteiger partial charge in [0.2, 0.25) is 17.7 Å². The van der Waals surface area contributed by atoms with Crippen molar-refractivity contribution in [2.45, 2.75) is 12.8 Å². The van der Waals surface area contributed by atoms with Crippen molar-refractivity contribution in [1.82, 2.24) is 9.80 Å². The maximum atomic E-state index is 12.5. The van der Waals surface area contributed by atoms with Crippen molar-refractivity contribution in [3.63, 3.8) is 0 Å². The maximum absolute atomic E-state index is 12.5. The minimum Gasteiger partial charge on any atom is -0.495 e. The number of likely N-dealkylation sites (tertiary alicyclic amines) is 1. The van der Waals surface area contributed by atoms with Gasteiger partial charge < -0.3 is 10.1 Å². The standard InChI is InChI=1S/C19H22ClN3O4/c1-22(10-17(24)21-15-9-12(20)7-8-16(15)27-2)11-23-18(25)13-5-3-4-6-14(13)19(23)26/h3-4,7-9,13-14H,5-6,10-11H2,1-2H3,(H,21,24)/t13-,14-/m1/s1. The van der Waals surface area contributed by atoms with Crippen LogP contribution in [0.3, 0.4) is 0 Å². The van der Waals surface area contributed by atoms with Gasteiger partial charge in [-0.25, -0.2) is 0 Å². The lowest BCUT2D eigenvalue weighted by molar-refractivity contribution is -0.142. The molecule has 1 aliphatic carbocycles. The first kappa shape index (κ1) is 19.4. The Morgan fingerprint density at radius 3 is 2.48 bits per heavy atom. The molecule has 144 valence electrons. The number of benzene rings is 1. The number of carbonyl (C=O) groups excluding carboxylic acids is 3. The van der Waals surface area contributed by atoms with Gasteiger partial charge in [0.15, 0.2) is 0 Å². The van der Waals surface area contributed by atoms with E-state index in [1.807, 2.05) is 12.2 Å². The fourth-order valence-corrected chi connectivity index (χ4v) is 3.68. The van der Waals surface area contributed by atoms with Gasteiger partial charge in [0, 0.05) is 5.02 Å².